The van der Waals surface area contributed by atoms with Gasteiger partial charge in [0, 0.05) is 34.1 Å². The predicted molar refractivity (Wildman–Crippen MR) is 115 cm³/mol. The van der Waals surface area contributed by atoms with E-state index in [1.54, 1.807) is 0 Å². The van der Waals surface area contributed by atoms with Crippen molar-refractivity contribution in [3.63, 3.8) is 0 Å². The van der Waals surface area contributed by atoms with Gasteiger partial charge in [0.05, 0.1) is 0 Å². The molecule has 2 aromatic rings. The maximum Gasteiger partial charge on any atom is 0.165 e. The number of fused-ring (bicyclic) bond motifs is 1. The number of hydrogen-bond acceptors (Lipinski definition) is 2. The van der Waals surface area contributed by atoms with E-state index in [0.29, 0.717) is 5.78 Å². The summed E-state index contributed by atoms with van der Waals surface area (Å²) in [4.78, 5) is 25.8. The summed E-state index contributed by atoms with van der Waals surface area (Å²) in [6.07, 6.45) is 0. The van der Waals surface area contributed by atoms with Crippen molar-refractivity contribution < 1.29 is 9.59 Å². The summed E-state index contributed by atoms with van der Waals surface area (Å²) < 4.78 is 0. The molecule has 0 fully saturated rings. The fourth-order valence-electron chi connectivity index (χ4n) is 5.14. The molecule has 0 saturated carbocycles. The van der Waals surface area contributed by atoms with Crippen LogP contribution in [0, 0.1) is 17.8 Å². The van der Waals surface area contributed by atoms with Gasteiger partial charge in [0.1, 0.15) is 5.78 Å². The lowest BCUT2D eigenvalue weighted by atomic mass is 9.62. The van der Waals surface area contributed by atoms with Gasteiger partial charge in [-0.15, -0.1) is 0 Å². The van der Waals surface area contributed by atoms with Gasteiger partial charge in [0.25, 0.3) is 0 Å². The first kappa shape index (κ1) is 20.5. The van der Waals surface area contributed by atoms with Crippen LogP contribution >= 0.6 is 0 Å². The van der Waals surface area contributed by atoms with E-state index in [0.717, 1.165) is 11.1 Å². The molecule has 2 nitrogen and oxygen atoms in total. The van der Waals surface area contributed by atoms with Gasteiger partial charge in [-0.05, 0) is 16.7 Å². The Morgan fingerprint density at radius 2 is 1.32 bits per heavy atom. The van der Waals surface area contributed by atoms with Crippen LogP contribution in [-0.4, -0.2) is 11.6 Å². The molecule has 2 heteroatoms. The van der Waals surface area contributed by atoms with Gasteiger partial charge in [-0.2, -0.15) is 0 Å². The van der Waals surface area contributed by atoms with Crippen LogP contribution in [0.3, 0.4) is 0 Å². The van der Waals surface area contributed by atoms with Gasteiger partial charge in [-0.1, -0.05) is 97.0 Å². The Hall–Kier alpha value is -2.22. The third kappa shape index (κ3) is 2.94. The highest BCUT2D eigenvalue weighted by Crippen LogP contribution is 2.57. The second-order valence-corrected chi connectivity index (χ2v) is 9.56. The summed E-state index contributed by atoms with van der Waals surface area (Å²) in [6.45, 7) is 14.4. The summed E-state index contributed by atoms with van der Waals surface area (Å²) in [7, 11) is 0. The van der Waals surface area contributed by atoms with E-state index in [2.05, 4.69) is 57.2 Å². The Morgan fingerprint density at radius 3 is 1.82 bits per heavy atom. The van der Waals surface area contributed by atoms with Crippen molar-refractivity contribution in [3.05, 3.63) is 70.8 Å². The zero-order chi connectivity index (χ0) is 20.9. The maximum atomic E-state index is 13.4. The van der Waals surface area contributed by atoms with Gasteiger partial charge in [0.15, 0.2) is 5.78 Å². The van der Waals surface area contributed by atoms with Crippen LogP contribution in [-0.2, 0) is 15.6 Å². The largest absolute Gasteiger partial charge is 0.299 e. The topological polar surface area (TPSA) is 34.1 Å². The van der Waals surface area contributed by atoms with Crippen molar-refractivity contribution in [3.8, 4) is 0 Å². The zero-order valence-corrected chi connectivity index (χ0v) is 18.2. The van der Waals surface area contributed by atoms with Crippen molar-refractivity contribution in [2.45, 2.75) is 59.3 Å². The molecule has 0 saturated heterocycles. The normalized spacial score (nSPS) is 23.1. The summed E-state index contributed by atoms with van der Waals surface area (Å²) in [5, 5.41) is 0. The third-order valence-corrected chi connectivity index (χ3v) is 6.63. The molecule has 1 aliphatic rings. The fraction of sp³-hybridized carbons (Fsp3) is 0.462. The average molecular weight is 377 g/mol. The van der Waals surface area contributed by atoms with Crippen LogP contribution in [0.15, 0.2) is 48.5 Å². The van der Waals surface area contributed by atoms with Crippen LogP contribution in [0.5, 0.6) is 0 Å². The van der Waals surface area contributed by atoms with E-state index in [1.165, 1.54) is 11.1 Å². The van der Waals surface area contributed by atoms with Gasteiger partial charge >= 0.3 is 0 Å². The molecular weight excluding hydrogens is 344 g/mol. The van der Waals surface area contributed by atoms with Crippen molar-refractivity contribution in [1.82, 2.24) is 0 Å². The lowest BCUT2D eigenvalue weighted by Gasteiger charge is -2.39. The number of Topliss-reactive ketones (excluding diaryl/α,β-unsaturated/α-hetero) is 2. The molecule has 0 aromatic heterocycles. The van der Waals surface area contributed by atoms with Gasteiger partial charge in [-0.3, -0.25) is 9.59 Å². The van der Waals surface area contributed by atoms with E-state index in [4.69, 9.17) is 0 Å². The van der Waals surface area contributed by atoms with Crippen molar-refractivity contribution >= 4 is 11.6 Å². The van der Waals surface area contributed by atoms with Crippen molar-refractivity contribution in [2.75, 3.05) is 0 Å². The Morgan fingerprint density at radius 1 is 0.786 bits per heavy atom. The molecular formula is C26H32O2. The summed E-state index contributed by atoms with van der Waals surface area (Å²) in [6, 6.07) is 16.4. The minimum Gasteiger partial charge on any atom is -0.299 e. The lowest BCUT2D eigenvalue weighted by Crippen LogP contribution is -2.44. The molecule has 0 N–H and O–H groups in total. The third-order valence-electron chi connectivity index (χ3n) is 6.63. The molecule has 2 aromatic carbocycles. The summed E-state index contributed by atoms with van der Waals surface area (Å²) >= 11 is 0. The molecule has 0 aliphatic heterocycles. The van der Waals surface area contributed by atoms with Crippen LogP contribution in [0.25, 0.3) is 0 Å². The lowest BCUT2D eigenvalue weighted by molar-refractivity contribution is -0.129. The molecule has 0 amide bonds. The van der Waals surface area contributed by atoms with Crippen LogP contribution < -0.4 is 0 Å². The molecule has 2 unspecified atom stereocenters. The SMILES string of the molecule is CC(C)C(=O)c1ccc(C2(C)c3ccccc3C(C)(C)C2C(=O)C(C)C)cc1. The smallest absolute Gasteiger partial charge is 0.165 e. The van der Waals surface area contributed by atoms with E-state index >= 15 is 0 Å². The molecule has 0 heterocycles. The highest BCUT2D eigenvalue weighted by Gasteiger charge is 2.57. The Kier molecular flexibility index (Phi) is 5.12. The zero-order valence-electron chi connectivity index (χ0n) is 18.2. The van der Waals surface area contributed by atoms with Crippen LogP contribution in [0.1, 0.15) is 75.5 Å². The second-order valence-electron chi connectivity index (χ2n) is 9.56. The van der Waals surface area contributed by atoms with Crippen molar-refractivity contribution in [2.24, 2.45) is 17.8 Å². The van der Waals surface area contributed by atoms with Gasteiger partial charge in [0.2, 0.25) is 0 Å². The van der Waals surface area contributed by atoms with Crippen LogP contribution in [0.2, 0.25) is 0 Å². The van der Waals surface area contributed by atoms with Gasteiger partial charge < -0.3 is 0 Å². The number of benzene rings is 2. The highest BCUT2D eigenvalue weighted by molar-refractivity contribution is 5.97. The Labute approximate surface area is 169 Å². The molecule has 0 radical (unpaired) electrons. The van der Waals surface area contributed by atoms with E-state index in [1.807, 2.05) is 39.8 Å². The number of rotatable bonds is 5. The van der Waals surface area contributed by atoms with Crippen LogP contribution in [0.4, 0.5) is 0 Å². The first-order valence-electron chi connectivity index (χ1n) is 10.3. The summed E-state index contributed by atoms with van der Waals surface area (Å²) in [5.41, 5.74) is 3.64. The number of ketones is 2. The first-order valence-corrected chi connectivity index (χ1v) is 10.3. The number of carbonyl (C=O) groups is 2. The quantitative estimate of drug-likeness (QED) is 0.603. The first-order chi connectivity index (χ1) is 13.0. The molecule has 28 heavy (non-hydrogen) atoms. The highest BCUT2D eigenvalue weighted by atomic mass is 16.1. The average Bonchev–Trinajstić information content (AvgIpc) is 2.85. The maximum absolute atomic E-state index is 13.4. The Balaban J connectivity index is 2.20. The summed E-state index contributed by atoms with van der Waals surface area (Å²) in [5.74, 6) is 0.247. The standard InChI is InChI=1S/C26H32O2/c1-16(2)22(27)18-12-14-19(15-13-18)26(7)21-11-9-8-10-20(21)25(5,6)24(26)23(28)17(3)4/h8-17,24H,1-7H3. The predicted octanol–water partition coefficient (Wildman–Crippen LogP) is 5.96. The minimum absolute atomic E-state index is 0.0251. The van der Waals surface area contributed by atoms with E-state index in [9.17, 15) is 9.59 Å². The fourth-order valence-corrected chi connectivity index (χ4v) is 5.14. The van der Waals surface area contributed by atoms with E-state index < -0.39 is 5.41 Å². The van der Waals surface area contributed by atoms with E-state index in [-0.39, 0.29) is 29.0 Å². The molecule has 1 aliphatic carbocycles. The molecule has 148 valence electrons. The molecule has 2 atom stereocenters. The molecule has 0 spiro atoms. The molecule has 0 bridgehead atoms. The molecule has 3 rings (SSSR count). The Bertz CT molecular complexity index is 902. The van der Waals surface area contributed by atoms with Crippen molar-refractivity contribution in [1.29, 1.82) is 0 Å². The van der Waals surface area contributed by atoms with Gasteiger partial charge in [-0.25, -0.2) is 0 Å². The number of hydrogen-bond donors (Lipinski definition) is 0. The monoisotopic (exact) mass is 376 g/mol. The second kappa shape index (κ2) is 6.99. The number of carbonyl (C=O) groups excluding carboxylic acids is 2. The minimum atomic E-state index is -0.416.